The Bertz CT molecular complexity index is 405. The predicted molar refractivity (Wildman–Crippen MR) is 82.5 cm³/mol. The van der Waals surface area contributed by atoms with E-state index in [4.69, 9.17) is 0 Å². The molecule has 4 heteroatoms. The summed E-state index contributed by atoms with van der Waals surface area (Å²) < 4.78 is 0. The summed E-state index contributed by atoms with van der Waals surface area (Å²) in [5.74, 6) is 0.217. The standard InChI is InChI=1S/C15H24N2OS/c1-5-17(6-2)15(18)12(3)19-14-9-7-8-13(10-14)11-16-4/h7-10,12,16H,5-6,11H2,1-4H3. The van der Waals surface area contributed by atoms with Gasteiger partial charge in [-0.2, -0.15) is 0 Å². The summed E-state index contributed by atoms with van der Waals surface area (Å²) in [6.07, 6.45) is 0. The van der Waals surface area contributed by atoms with Crippen molar-refractivity contribution in [2.45, 2.75) is 37.5 Å². The Labute approximate surface area is 120 Å². The van der Waals surface area contributed by atoms with Crippen molar-refractivity contribution in [3.63, 3.8) is 0 Å². The van der Waals surface area contributed by atoms with Crippen LogP contribution < -0.4 is 5.32 Å². The molecule has 1 aromatic carbocycles. The summed E-state index contributed by atoms with van der Waals surface area (Å²) >= 11 is 1.63. The summed E-state index contributed by atoms with van der Waals surface area (Å²) in [6, 6.07) is 8.35. The summed E-state index contributed by atoms with van der Waals surface area (Å²) in [5, 5.41) is 3.10. The maximum absolute atomic E-state index is 12.2. The van der Waals surface area contributed by atoms with Gasteiger partial charge in [-0.3, -0.25) is 4.79 Å². The van der Waals surface area contributed by atoms with Crippen LogP contribution in [0.25, 0.3) is 0 Å². The molecule has 0 heterocycles. The van der Waals surface area contributed by atoms with E-state index >= 15 is 0 Å². The van der Waals surface area contributed by atoms with Crippen molar-refractivity contribution in [3.05, 3.63) is 29.8 Å². The Morgan fingerprint density at radius 1 is 1.37 bits per heavy atom. The highest BCUT2D eigenvalue weighted by atomic mass is 32.2. The van der Waals surface area contributed by atoms with Gasteiger partial charge in [-0.15, -0.1) is 11.8 Å². The molecule has 1 aromatic rings. The maximum atomic E-state index is 12.2. The lowest BCUT2D eigenvalue weighted by Gasteiger charge is -2.22. The van der Waals surface area contributed by atoms with Crippen molar-refractivity contribution in [1.29, 1.82) is 0 Å². The van der Waals surface area contributed by atoms with Gasteiger partial charge in [0.1, 0.15) is 0 Å². The number of hydrogen-bond donors (Lipinski definition) is 1. The van der Waals surface area contributed by atoms with Gasteiger partial charge in [-0.1, -0.05) is 12.1 Å². The molecule has 1 N–H and O–H groups in total. The van der Waals surface area contributed by atoms with Crippen LogP contribution in [0.2, 0.25) is 0 Å². The minimum atomic E-state index is -0.0373. The number of hydrogen-bond acceptors (Lipinski definition) is 3. The second kappa shape index (κ2) is 8.23. The highest BCUT2D eigenvalue weighted by Crippen LogP contribution is 2.25. The summed E-state index contributed by atoms with van der Waals surface area (Å²) in [7, 11) is 1.94. The zero-order chi connectivity index (χ0) is 14.3. The lowest BCUT2D eigenvalue weighted by atomic mass is 10.2. The van der Waals surface area contributed by atoms with E-state index < -0.39 is 0 Å². The zero-order valence-electron chi connectivity index (χ0n) is 12.3. The summed E-state index contributed by atoms with van der Waals surface area (Å²) in [4.78, 5) is 15.3. The largest absolute Gasteiger partial charge is 0.342 e. The molecule has 0 aliphatic rings. The van der Waals surface area contributed by atoms with E-state index in [2.05, 4.69) is 23.5 Å². The normalized spacial score (nSPS) is 12.2. The molecular formula is C15H24N2OS. The Morgan fingerprint density at radius 2 is 2.05 bits per heavy atom. The van der Waals surface area contributed by atoms with E-state index in [9.17, 15) is 4.79 Å². The molecule has 1 amide bonds. The molecular weight excluding hydrogens is 256 g/mol. The molecule has 0 spiro atoms. The van der Waals surface area contributed by atoms with Crippen LogP contribution in [0.15, 0.2) is 29.2 Å². The van der Waals surface area contributed by atoms with Crippen molar-refractivity contribution < 1.29 is 4.79 Å². The average Bonchev–Trinajstić information content (AvgIpc) is 2.40. The second-order valence-electron chi connectivity index (χ2n) is 4.45. The van der Waals surface area contributed by atoms with E-state index in [1.54, 1.807) is 11.8 Å². The minimum Gasteiger partial charge on any atom is -0.342 e. The zero-order valence-corrected chi connectivity index (χ0v) is 13.1. The molecule has 0 aliphatic heterocycles. The van der Waals surface area contributed by atoms with Crippen LogP contribution in [0.4, 0.5) is 0 Å². The Kier molecular flexibility index (Phi) is 6.95. The first kappa shape index (κ1) is 16.1. The van der Waals surface area contributed by atoms with Crippen molar-refractivity contribution in [2.24, 2.45) is 0 Å². The molecule has 1 atom stereocenters. The van der Waals surface area contributed by atoms with Crippen LogP contribution in [0.3, 0.4) is 0 Å². The lowest BCUT2D eigenvalue weighted by Crippen LogP contribution is -2.36. The Balaban J connectivity index is 2.68. The number of carbonyl (C=O) groups is 1. The van der Waals surface area contributed by atoms with Gasteiger partial charge < -0.3 is 10.2 Å². The number of amides is 1. The van der Waals surface area contributed by atoms with E-state index in [-0.39, 0.29) is 11.2 Å². The molecule has 0 radical (unpaired) electrons. The monoisotopic (exact) mass is 280 g/mol. The molecule has 3 nitrogen and oxygen atoms in total. The number of nitrogens with zero attached hydrogens (tertiary/aromatic N) is 1. The first-order valence-electron chi connectivity index (χ1n) is 6.81. The highest BCUT2D eigenvalue weighted by Gasteiger charge is 2.19. The van der Waals surface area contributed by atoms with Crippen molar-refractivity contribution in [1.82, 2.24) is 10.2 Å². The van der Waals surface area contributed by atoms with E-state index in [0.717, 1.165) is 24.5 Å². The Hall–Kier alpha value is -1.00. The van der Waals surface area contributed by atoms with Gasteiger partial charge in [0.05, 0.1) is 5.25 Å². The molecule has 106 valence electrons. The summed E-state index contributed by atoms with van der Waals surface area (Å²) in [6.45, 7) is 8.43. The molecule has 0 saturated carbocycles. The second-order valence-corrected chi connectivity index (χ2v) is 5.86. The number of rotatable bonds is 7. The molecule has 0 aliphatic carbocycles. The van der Waals surface area contributed by atoms with Gasteiger partial charge >= 0.3 is 0 Å². The third-order valence-corrected chi connectivity index (χ3v) is 4.10. The van der Waals surface area contributed by atoms with E-state index in [1.807, 2.05) is 38.8 Å². The third-order valence-electron chi connectivity index (χ3n) is 3.02. The van der Waals surface area contributed by atoms with Gasteiger partial charge in [0.2, 0.25) is 5.91 Å². The van der Waals surface area contributed by atoms with E-state index in [0.29, 0.717) is 0 Å². The van der Waals surface area contributed by atoms with E-state index in [1.165, 1.54) is 5.56 Å². The summed E-state index contributed by atoms with van der Waals surface area (Å²) in [5.41, 5.74) is 1.25. The third kappa shape index (κ3) is 4.88. The average molecular weight is 280 g/mol. The number of nitrogens with one attached hydrogen (secondary N) is 1. The SMILES string of the molecule is CCN(CC)C(=O)C(C)Sc1cccc(CNC)c1. The molecule has 19 heavy (non-hydrogen) atoms. The van der Waals surface area contributed by atoms with Gasteiger partial charge in [-0.05, 0) is 45.5 Å². The molecule has 0 fully saturated rings. The van der Waals surface area contributed by atoms with Gasteiger partial charge in [0.25, 0.3) is 0 Å². The Morgan fingerprint density at radius 3 is 2.63 bits per heavy atom. The van der Waals surface area contributed by atoms with Crippen LogP contribution in [-0.4, -0.2) is 36.2 Å². The van der Waals surface area contributed by atoms with Crippen molar-refractivity contribution in [3.8, 4) is 0 Å². The van der Waals surface area contributed by atoms with Crippen LogP contribution in [0.1, 0.15) is 26.3 Å². The topological polar surface area (TPSA) is 32.3 Å². The minimum absolute atomic E-state index is 0.0373. The van der Waals surface area contributed by atoms with Crippen LogP contribution >= 0.6 is 11.8 Å². The quantitative estimate of drug-likeness (QED) is 0.780. The molecule has 0 bridgehead atoms. The van der Waals surface area contributed by atoms with Gasteiger partial charge in [0.15, 0.2) is 0 Å². The smallest absolute Gasteiger partial charge is 0.235 e. The molecule has 1 rings (SSSR count). The fraction of sp³-hybridized carbons (Fsp3) is 0.533. The first-order chi connectivity index (χ1) is 9.12. The number of thioether (sulfide) groups is 1. The highest BCUT2D eigenvalue weighted by molar-refractivity contribution is 8.00. The van der Waals surface area contributed by atoms with Crippen molar-refractivity contribution >= 4 is 17.7 Å². The van der Waals surface area contributed by atoms with Gasteiger partial charge in [0, 0.05) is 24.5 Å². The van der Waals surface area contributed by atoms with Crippen LogP contribution in [0, 0.1) is 0 Å². The predicted octanol–water partition coefficient (Wildman–Crippen LogP) is 2.76. The van der Waals surface area contributed by atoms with Crippen LogP contribution in [-0.2, 0) is 11.3 Å². The fourth-order valence-corrected chi connectivity index (χ4v) is 3.01. The maximum Gasteiger partial charge on any atom is 0.235 e. The number of carbonyl (C=O) groups excluding carboxylic acids is 1. The number of benzene rings is 1. The van der Waals surface area contributed by atoms with Crippen LogP contribution in [0.5, 0.6) is 0 Å². The van der Waals surface area contributed by atoms with Crippen molar-refractivity contribution in [2.75, 3.05) is 20.1 Å². The molecule has 1 unspecified atom stereocenters. The van der Waals surface area contributed by atoms with Gasteiger partial charge in [-0.25, -0.2) is 0 Å². The first-order valence-corrected chi connectivity index (χ1v) is 7.69. The molecule has 0 saturated heterocycles. The lowest BCUT2D eigenvalue weighted by molar-refractivity contribution is -0.129. The fourth-order valence-electron chi connectivity index (χ4n) is 1.98. The molecule has 0 aromatic heterocycles.